The zero-order valence-corrected chi connectivity index (χ0v) is 8.92. The predicted molar refractivity (Wildman–Crippen MR) is 60.1 cm³/mol. The molecule has 1 aromatic carbocycles. The maximum absolute atomic E-state index is 9.94. The van der Waals surface area contributed by atoms with Crippen molar-refractivity contribution in [3.63, 3.8) is 0 Å². The second-order valence-electron chi connectivity index (χ2n) is 4.68. The average Bonchev–Trinajstić information content (AvgIpc) is 2.88. The van der Waals surface area contributed by atoms with E-state index in [4.69, 9.17) is 0 Å². The van der Waals surface area contributed by atoms with E-state index in [9.17, 15) is 5.11 Å². The molecule has 0 unspecified atom stereocenters. The van der Waals surface area contributed by atoms with E-state index in [0.29, 0.717) is 11.8 Å². The molecule has 1 aromatic rings. The van der Waals surface area contributed by atoms with Crippen molar-refractivity contribution in [3.8, 4) is 5.75 Å². The van der Waals surface area contributed by atoms with Gasteiger partial charge in [0.2, 0.25) is 0 Å². The molecule has 0 bridgehead atoms. The van der Waals surface area contributed by atoms with E-state index >= 15 is 0 Å². The first-order valence-corrected chi connectivity index (χ1v) is 5.92. The van der Waals surface area contributed by atoms with Crippen LogP contribution in [-0.4, -0.2) is 11.7 Å². The van der Waals surface area contributed by atoms with Crippen LogP contribution in [0.1, 0.15) is 42.0 Å². The van der Waals surface area contributed by atoms with Crippen LogP contribution in [0.25, 0.3) is 0 Å². The lowest BCUT2D eigenvalue weighted by Crippen LogP contribution is -2.13. The molecule has 1 heterocycles. The molecule has 80 valence electrons. The number of phenolic OH excluding ortho intramolecular Hbond substituents is 1. The van der Waals surface area contributed by atoms with Crippen molar-refractivity contribution in [3.05, 3.63) is 28.8 Å². The summed E-state index contributed by atoms with van der Waals surface area (Å²) in [5, 5.41) is 13.4. The molecule has 0 radical (unpaired) electrons. The highest BCUT2D eigenvalue weighted by atomic mass is 16.3. The minimum Gasteiger partial charge on any atom is -0.508 e. The molecule has 15 heavy (non-hydrogen) atoms. The summed E-state index contributed by atoms with van der Waals surface area (Å²) in [5.41, 5.74) is 3.85. The van der Waals surface area contributed by atoms with Gasteiger partial charge in [0.05, 0.1) is 0 Å². The van der Waals surface area contributed by atoms with Gasteiger partial charge in [-0.25, -0.2) is 0 Å². The van der Waals surface area contributed by atoms with Crippen molar-refractivity contribution < 1.29 is 5.11 Å². The highest BCUT2D eigenvalue weighted by Crippen LogP contribution is 2.34. The molecule has 0 amide bonds. The molecule has 2 heteroatoms. The van der Waals surface area contributed by atoms with Crippen LogP contribution in [0.3, 0.4) is 0 Å². The minimum atomic E-state index is 0.474. The number of nitrogens with one attached hydrogen (secondary N) is 1. The SMILES string of the molecule is Oc1cc([C@H]2CCCN2)cc2c1CCC2. The van der Waals surface area contributed by atoms with E-state index in [2.05, 4.69) is 11.4 Å². The van der Waals surface area contributed by atoms with Gasteiger partial charge in [-0.15, -0.1) is 0 Å². The normalized spacial score (nSPS) is 24.4. The molecule has 0 saturated carbocycles. The second-order valence-corrected chi connectivity index (χ2v) is 4.68. The van der Waals surface area contributed by atoms with E-state index in [0.717, 1.165) is 19.4 Å². The molecular weight excluding hydrogens is 186 g/mol. The number of rotatable bonds is 1. The fraction of sp³-hybridized carbons (Fsp3) is 0.538. The van der Waals surface area contributed by atoms with Crippen molar-refractivity contribution in [2.24, 2.45) is 0 Å². The lowest BCUT2D eigenvalue weighted by Gasteiger charge is -2.13. The third-order valence-electron chi connectivity index (χ3n) is 3.68. The Morgan fingerprint density at radius 3 is 2.93 bits per heavy atom. The second kappa shape index (κ2) is 3.53. The van der Waals surface area contributed by atoms with E-state index in [1.165, 1.54) is 36.0 Å². The number of aryl methyl sites for hydroxylation is 1. The molecular formula is C13H17NO. The first-order valence-electron chi connectivity index (χ1n) is 5.92. The van der Waals surface area contributed by atoms with Crippen LogP contribution in [-0.2, 0) is 12.8 Å². The molecule has 1 aliphatic carbocycles. The Bertz CT molecular complexity index is 380. The third-order valence-corrected chi connectivity index (χ3v) is 3.68. The number of fused-ring (bicyclic) bond motifs is 1. The van der Waals surface area contributed by atoms with Crippen molar-refractivity contribution >= 4 is 0 Å². The fourth-order valence-electron chi connectivity index (χ4n) is 2.88. The van der Waals surface area contributed by atoms with E-state index in [1.54, 1.807) is 0 Å². The van der Waals surface area contributed by atoms with Crippen LogP contribution in [0.2, 0.25) is 0 Å². The van der Waals surface area contributed by atoms with Gasteiger partial charge >= 0.3 is 0 Å². The largest absolute Gasteiger partial charge is 0.508 e. The van der Waals surface area contributed by atoms with Crippen LogP contribution in [0.5, 0.6) is 5.75 Å². The van der Waals surface area contributed by atoms with Crippen LogP contribution in [0.15, 0.2) is 12.1 Å². The van der Waals surface area contributed by atoms with E-state index < -0.39 is 0 Å². The van der Waals surface area contributed by atoms with Gasteiger partial charge in [0.25, 0.3) is 0 Å². The molecule has 0 spiro atoms. The molecule has 1 saturated heterocycles. The summed E-state index contributed by atoms with van der Waals surface area (Å²) in [4.78, 5) is 0. The number of phenols is 1. The van der Waals surface area contributed by atoms with Gasteiger partial charge in [-0.05, 0) is 61.4 Å². The van der Waals surface area contributed by atoms with Gasteiger partial charge in [0.1, 0.15) is 5.75 Å². The van der Waals surface area contributed by atoms with Gasteiger partial charge in [0, 0.05) is 6.04 Å². The summed E-state index contributed by atoms with van der Waals surface area (Å²) in [7, 11) is 0. The highest BCUT2D eigenvalue weighted by molar-refractivity contribution is 5.46. The first-order chi connectivity index (χ1) is 7.34. The third kappa shape index (κ3) is 1.53. The van der Waals surface area contributed by atoms with Gasteiger partial charge in [0.15, 0.2) is 0 Å². The Kier molecular flexibility index (Phi) is 2.17. The zero-order chi connectivity index (χ0) is 10.3. The van der Waals surface area contributed by atoms with Gasteiger partial charge in [-0.3, -0.25) is 0 Å². The maximum atomic E-state index is 9.94. The molecule has 3 rings (SSSR count). The van der Waals surface area contributed by atoms with Crippen LogP contribution >= 0.6 is 0 Å². The van der Waals surface area contributed by atoms with Crippen molar-refractivity contribution in [2.75, 3.05) is 6.54 Å². The van der Waals surface area contributed by atoms with Crippen molar-refractivity contribution in [1.29, 1.82) is 0 Å². The lowest BCUT2D eigenvalue weighted by molar-refractivity contribution is 0.467. The zero-order valence-electron chi connectivity index (χ0n) is 8.92. The Morgan fingerprint density at radius 2 is 2.13 bits per heavy atom. The minimum absolute atomic E-state index is 0.474. The Morgan fingerprint density at radius 1 is 1.20 bits per heavy atom. The summed E-state index contributed by atoms with van der Waals surface area (Å²) >= 11 is 0. The molecule has 1 atom stereocenters. The number of benzene rings is 1. The summed E-state index contributed by atoms with van der Waals surface area (Å²) in [6.07, 6.45) is 5.86. The fourth-order valence-corrected chi connectivity index (χ4v) is 2.88. The molecule has 2 nitrogen and oxygen atoms in total. The maximum Gasteiger partial charge on any atom is 0.119 e. The monoisotopic (exact) mass is 203 g/mol. The number of hydrogen-bond acceptors (Lipinski definition) is 2. The first kappa shape index (κ1) is 9.22. The van der Waals surface area contributed by atoms with Crippen molar-refractivity contribution in [1.82, 2.24) is 5.32 Å². The summed E-state index contributed by atoms with van der Waals surface area (Å²) < 4.78 is 0. The summed E-state index contributed by atoms with van der Waals surface area (Å²) in [6, 6.07) is 4.74. The van der Waals surface area contributed by atoms with E-state index in [1.807, 2.05) is 6.07 Å². The van der Waals surface area contributed by atoms with Crippen molar-refractivity contribution in [2.45, 2.75) is 38.1 Å². The molecule has 2 aliphatic rings. The van der Waals surface area contributed by atoms with Crippen LogP contribution in [0.4, 0.5) is 0 Å². The smallest absolute Gasteiger partial charge is 0.119 e. The Balaban J connectivity index is 1.99. The van der Waals surface area contributed by atoms with Gasteiger partial charge in [-0.2, -0.15) is 0 Å². The quantitative estimate of drug-likeness (QED) is 0.734. The molecule has 0 aromatic heterocycles. The summed E-state index contributed by atoms with van der Waals surface area (Å²) in [5.74, 6) is 0.522. The number of aromatic hydroxyl groups is 1. The summed E-state index contributed by atoms with van der Waals surface area (Å²) in [6.45, 7) is 1.11. The van der Waals surface area contributed by atoms with E-state index in [-0.39, 0.29) is 0 Å². The molecule has 1 fully saturated rings. The average molecular weight is 203 g/mol. The Labute approximate surface area is 90.3 Å². The molecule has 2 N–H and O–H groups in total. The lowest BCUT2D eigenvalue weighted by atomic mass is 9.99. The highest BCUT2D eigenvalue weighted by Gasteiger charge is 2.21. The predicted octanol–water partition coefficient (Wildman–Crippen LogP) is 2.31. The van der Waals surface area contributed by atoms with Crippen LogP contribution in [0, 0.1) is 0 Å². The Hall–Kier alpha value is -1.02. The molecule has 1 aliphatic heterocycles. The van der Waals surface area contributed by atoms with Gasteiger partial charge < -0.3 is 10.4 Å². The van der Waals surface area contributed by atoms with Gasteiger partial charge in [-0.1, -0.05) is 6.07 Å². The number of hydrogen-bond donors (Lipinski definition) is 2. The topological polar surface area (TPSA) is 32.3 Å². The van der Waals surface area contributed by atoms with Crippen LogP contribution < -0.4 is 5.32 Å². The standard InChI is InChI=1S/C13H17NO/c15-13-8-10(12-5-2-6-14-12)7-9-3-1-4-11(9)13/h7-8,12,14-15H,1-6H2/t12-/m1/s1.